The van der Waals surface area contributed by atoms with Crippen molar-refractivity contribution in [2.45, 2.75) is 54.4 Å². The Morgan fingerprint density at radius 2 is 1.76 bits per heavy atom. The molecular weight excluding hydrogens is 206 g/mol. The zero-order valence-electron chi connectivity index (χ0n) is 12.5. The van der Waals surface area contributed by atoms with E-state index in [9.17, 15) is 0 Å². The van der Waals surface area contributed by atoms with Crippen LogP contribution in [-0.2, 0) is 6.42 Å². The Morgan fingerprint density at radius 1 is 1.12 bits per heavy atom. The van der Waals surface area contributed by atoms with Gasteiger partial charge in [-0.1, -0.05) is 45.4 Å². The van der Waals surface area contributed by atoms with Crippen molar-refractivity contribution in [3.63, 3.8) is 0 Å². The summed E-state index contributed by atoms with van der Waals surface area (Å²) in [6.07, 6.45) is 2.57. The smallest absolute Gasteiger partial charge is 0.0398 e. The number of anilines is 1. The predicted molar refractivity (Wildman–Crippen MR) is 80.1 cm³/mol. The van der Waals surface area contributed by atoms with Crippen LogP contribution in [0.3, 0.4) is 0 Å². The van der Waals surface area contributed by atoms with Gasteiger partial charge in [-0.25, -0.2) is 0 Å². The fraction of sp³-hybridized carbons (Fsp3) is 0.625. The first-order valence-electron chi connectivity index (χ1n) is 7.15. The van der Waals surface area contributed by atoms with Crippen molar-refractivity contribution >= 4 is 5.69 Å². The molecule has 17 heavy (non-hydrogen) atoms. The van der Waals surface area contributed by atoms with Crippen LogP contribution in [-0.4, -0.2) is 13.1 Å². The van der Waals surface area contributed by atoms with Gasteiger partial charge in [0.2, 0.25) is 0 Å². The van der Waals surface area contributed by atoms with E-state index >= 15 is 0 Å². The number of hydrogen-bond donors (Lipinski definition) is 0. The molecule has 0 aliphatic carbocycles. The van der Waals surface area contributed by atoms with E-state index in [4.69, 9.17) is 0 Å². The molecule has 1 aromatic carbocycles. The predicted octanol–water partition coefficient (Wildman–Crippen LogP) is 4.82. The van der Waals surface area contributed by atoms with Gasteiger partial charge < -0.3 is 4.90 Å². The zero-order chi connectivity index (χ0) is 13.3. The van der Waals surface area contributed by atoms with Crippen LogP contribution in [0.4, 0.5) is 5.69 Å². The Morgan fingerprint density at radius 3 is 2.35 bits per heavy atom. The fourth-order valence-corrected chi connectivity index (χ4v) is 2.13. The second-order valence-electron chi connectivity index (χ2n) is 3.82. The molecule has 1 heteroatoms. The molecule has 0 fully saturated rings. The van der Waals surface area contributed by atoms with E-state index in [-0.39, 0.29) is 0 Å². The van der Waals surface area contributed by atoms with E-state index in [1.165, 1.54) is 36.2 Å². The Balaban J connectivity index is 0.000000581. The van der Waals surface area contributed by atoms with Crippen LogP contribution < -0.4 is 4.90 Å². The summed E-state index contributed by atoms with van der Waals surface area (Å²) < 4.78 is 0. The lowest BCUT2D eigenvalue weighted by Gasteiger charge is -2.30. The van der Waals surface area contributed by atoms with E-state index in [2.05, 4.69) is 36.9 Å². The number of fused-ring (bicyclic) bond motifs is 1. The molecule has 0 atom stereocenters. The van der Waals surface area contributed by atoms with Crippen molar-refractivity contribution in [2.24, 2.45) is 0 Å². The third kappa shape index (κ3) is 4.41. The molecule has 0 aromatic heterocycles. The molecular formula is C16H29N. The Kier molecular flexibility index (Phi) is 8.57. The first-order valence-corrected chi connectivity index (χ1v) is 7.15. The highest BCUT2D eigenvalue weighted by Gasteiger charge is 2.14. The highest BCUT2D eigenvalue weighted by Crippen LogP contribution is 2.27. The zero-order valence-corrected chi connectivity index (χ0v) is 12.5. The Labute approximate surface area is 108 Å². The fourth-order valence-electron chi connectivity index (χ4n) is 2.13. The second-order valence-corrected chi connectivity index (χ2v) is 3.82. The van der Waals surface area contributed by atoms with Gasteiger partial charge in [0.25, 0.3) is 0 Å². The maximum absolute atomic E-state index is 2.47. The van der Waals surface area contributed by atoms with Crippen molar-refractivity contribution in [2.75, 3.05) is 18.0 Å². The van der Waals surface area contributed by atoms with E-state index in [0.717, 1.165) is 6.54 Å². The minimum absolute atomic E-state index is 1.13. The van der Waals surface area contributed by atoms with Gasteiger partial charge in [0, 0.05) is 18.8 Å². The molecule has 1 aliphatic rings. The lowest BCUT2D eigenvalue weighted by molar-refractivity contribution is 0.707. The summed E-state index contributed by atoms with van der Waals surface area (Å²) >= 11 is 0. The highest BCUT2D eigenvalue weighted by atomic mass is 15.1. The number of hydrogen-bond acceptors (Lipinski definition) is 1. The van der Waals surface area contributed by atoms with E-state index in [0.29, 0.717) is 0 Å². The second kappa shape index (κ2) is 9.09. The lowest BCUT2D eigenvalue weighted by atomic mass is 10.00. The molecule has 0 bridgehead atoms. The van der Waals surface area contributed by atoms with Crippen LogP contribution in [0.15, 0.2) is 18.2 Å². The molecule has 0 radical (unpaired) electrons. The van der Waals surface area contributed by atoms with Gasteiger partial charge in [-0.2, -0.15) is 0 Å². The summed E-state index contributed by atoms with van der Waals surface area (Å²) in [5.74, 6) is 0. The number of rotatable bonds is 1. The van der Waals surface area contributed by atoms with Crippen LogP contribution in [0.2, 0.25) is 0 Å². The molecule has 1 heterocycles. The molecule has 0 N–H and O–H groups in total. The van der Waals surface area contributed by atoms with E-state index in [1.54, 1.807) is 0 Å². The van der Waals surface area contributed by atoms with Gasteiger partial charge in [0.15, 0.2) is 0 Å². The molecule has 0 spiro atoms. The molecule has 1 nitrogen and oxygen atoms in total. The number of aryl methyl sites for hydroxylation is 2. The third-order valence-electron chi connectivity index (χ3n) is 2.83. The number of benzene rings is 1. The van der Waals surface area contributed by atoms with Crippen molar-refractivity contribution in [3.8, 4) is 0 Å². The molecule has 0 saturated heterocycles. The summed E-state index contributed by atoms with van der Waals surface area (Å²) in [6, 6.07) is 6.82. The Bertz CT molecular complexity index is 304. The topological polar surface area (TPSA) is 3.24 Å². The average Bonchev–Trinajstić information content (AvgIpc) is 2.42. The van der Waals surface area contributed by atoms with Crippen molar-refractivity contribution in [1.29, 1.82) is 0 Å². The summed E-state index contributed by atoms with van der Waals surface area (Å²) in [4.78, 5) is 2.47. The maximum Gasteiger partial charge on any atom is 0.0398 e. The van der Waals surface area contributed by atoms with Crippen LogP contribution in [0.25, 0.3) is 0 Å². The third-order valence-corrected chi connectivity index (χ3v) is 2.83. The summed E-state index contributed by atoms with van der Waals surface area (Å²) in [5, 5.41) is 0. The van der Waals surface area contributed by atoms with Gasteiger partial charge in [-0.3, -0.25) is 0 Å². The summed E-state index contributed by atoms with van der Waals surface area (Å²) in [5.41, 5.74) is 4.38. The van der Waals surface area contributed by atoms with Crippen LogP contribution >= 0.6 is 0 Å². The van der Waals surface area contributed by atoms with Gasteiger partial charge in [-0.05, 0) is 38.3 Å². The van der Waals surface area contributed by atoms with Crippen LogP contribution in [0.1, 0.15) is 52.2 Å². The molecule has 0 amide bonds. The minimum Gasteiger partial charge on any atom is -0.372 e. The minimum atomic E-state index is 1.13. The maximum atomic E-state index is 2.47. The SMILES string of the molecule is CC.CC.CCN1CCCc2cc(C)ccc21. The summed E-state index contributed by atoms with van der Waals surface area (Å²) in [6.45, 7) is 14.8. The first kappa shape index (κ1) is 16.0. The number of nitrogens with zero attached hydrogens (tertiary/aromatic N) is 1. The van der Waals surface area contributed by atoms with Crippen LogP contribution in [0, 0.1) is 6.92 Å². The van der Waals surface area contributed by atoms with Gasteiger partial charge in [0.1, 0.15) is 0 Å². The molecule has 0 unspecified atom stereocenters. The summed E-state index contributed by atoms with van der Waals surface area (Å²) in [7, 11) is 0. The van der Waals surface area contributed by atoms with E-state index in [1.807, 2.05) is 27.7 Å². The van der Waals surface area contributed by atoms with Crippen molar-refractivity contribution in [3.05, 3.63) is 29.3 Å². The van der Waals surface area contributed by atoms with Crippen LogP contribution in [0.5, 0.6) is 0 Å². The molecule has 2 rings (SSSR count). The monoisotopic (exact) mass is 235 g/mol. The van der Waals surface area contributed by atoms with Gasteiger partial charge >= 0.3 is 0 Å². The highest BCUT2D eigenvalue weighted by molar-refractivity contribution is 5.56. The molecule has 0 saturated carbocycles. The van der Waals surface area contributed by atoms with Gasteiger partial charge in [-0.15, -0.1) is 0 Å². The largest absolute Gasteiger partial charge is 0.372 e. The molecule has 1 aromatic rings. The quantitative estimate of drug-likeness (QED) is 0.674. The lowest BCUT2D eigenvalue weighted by Crippen LogP contribution is -2.28. The van der Waals surface area contributed by atoms with Crippen molar-refractivity contribution in [1.82, 2.24) is 0 Å². The van der Waals surface area contributed by atoms with Gasteiger partial charge in [0.05, 0.1) is 0 Å². The standard InChI is InChI=1S/C12H17N.2C2H6/c1-3-13-8-4-5-11-9-10(2)6-7-12(11)13;2*1-2/h6-7,9H,3-5,8H2,1-2H3;2*1-2H3. The first-order chi connectivity index (χ1) is 8.31. The van der Waals surface area contributed by atoms with E-state index < -0.39 is 0 Å². The Hall–Kier alpha value is -0.980. The normalized spacial score (nSPS) is 12.7. The molecule has 1 aliphatic heterocycles. The van der Waals surface area contributed by atoms with Crippen molar-refractivity contribution < 1.29 is 0 Å². The molecule has 98 valence electrons. The average molecular weight is 235 g/mol.